The number of benzene rings is 1. The Morgan fingerprint density at radius 1 is 1.44 bits per heavy atom. The molecule has 3 heterocycles. The van der Waals surface area contributed by atoms with Gasteiger partial charge in [0.05, 0.1) is 28.8 Å². The molecule has 11 heteroatoms. The van der Waals surface area contributed by atoms with Crippen LogP contribution in [0.15, 0.2) is 41.8 Å². The summed E-state index contributed by atoms with van der Waals surface area (Å²) in [7, 11) is 0. The maximum atomic E-state index is 12.2. The molecule has 1 aromatic heterocycles. The molecule has 0 radical (unpaired) electrons. The highest BCUT2D eigenvalue weighted by atomic mass is 16.7. The van der Waals surface area contributed by atoms with E-state index in [-0.39, 0.29) is 35.8 Å². The number of hydrazone groups is 1. The summed E-state index contributed by atoms with van der Waals surface area (Å²) in [5, 5.41) is 28.7. The van der Waals surface area contributed by atoms with E-state index in [0.29, 0.717) is 12.1 Å². The quantitative estimate of drug-likeness (QED) is 0.601. The molecule has 2 bridgehead atoms. The number of nitrogens with zero attached hydrogens (tertiary/aromatic N) is 4. The largest absolute Gasteiger partial charge is 0.507 e. The van der Waals surface area contributed by atoms with Gasteiger partial charge >= 0.3 is 5.69 Å². The van der Waals surface area contributed by atoms with Crippen LogP contribution in [0.4, 0.5) is 5.69 Å². The number of phenolic OH excluding ortho intramolecular Hbond substituents is 1. The SMILES string of the molecule is O=C(N/N=C1\C[C@H](n2cc([N+](=O)[O-])cn2)[C@H]2CO[C@@H]1O2)c1ccccc1O. The van der Waals surface area contributed by atoms with E-state index in [1.807, 2.05) is 0 Å². The summed E-state index contributed by atoms with van der Waals surface area (Å²) in [4.78, 5) is 22.5. The van der Waals surface area contributed by atoms with Gasteiger partial charge in [-0.15, -0.1) is 0 Å². The number of nitrogens with one attached hydrogen (secondary N) is 1. The fourth-order valence-corrected chi connectivity index (χ4v) is 3.05. The maximum Gasteiger partial charge on any atom is 0.307 e. The zero-order valence-corrected chi connectivity index (χ0v) is 13.9. The van der Waals surface area contributed by atoms with Crippen LogP contribution in [0.2, 0.25) is 0 Å². The molecule has 2 fully saturated rings. The number of hydrogen-bond acceptors (Lipinski definition) is 8. The standard InChI is InChI=1S/C16H15N5O6/c22-13-4-2-1-3-10(13)15(23)19-18-11-5-12(14-8-26-16(11)27-14)20-7-9(6-17-20)21(24)25/h1-4,6-7,12,14,16,22H,5,8H2,(H,19,23)/b18-11+/t12-,14+,16+/m0/s1. The number of nitro groups is 1. The van der Waals surface area contributed by atoms with E-state index in [0.717, 1.165) is 0 Å². The third-order valence-electron chi connectivity index (χ3n) is 4.42. The number of carbonyl (C=O) groups is 1. The zero-order chi connectivity index (χ0) is 19.0. The number of para-hydroxylation sites is 1. The van der Waals surface area contributed by atoms with Crippen LogP contribution in [0.1, 0.15) is 22.8 Å². The molecule has 2 N–H and O–H groups in total. The van der Waals surface area contributed by atoms with Gasteiger partial charge < -0.3 is 14.6 Å². The number of aromatic nitrogens is 2. The molecular weight excluding hydrogens is 358 g/mol. The van der Waals surface area contributed by atoms with Crippen LogP contribution in [0.3, 0.4) is 0 Å². The first-order valence-electron chi connectivity index (χ1n) is 8.13. The predicted molar refractivity (Wildman–Crippen MR) is 90.2 cm³/mol. The first kappa shape index (κ1) is 17.1. The van der Waals surface area contributed by atoms with E-state index >= 15 is 0 Å². The van der Waals surface area contributed by atoms with Gasteiger partial charge in [0.1, 0.15) is 24.2 Å². The van der Waals surface area contributed by atoms with Gasteiger partial charge in [0.15, 0.2) is 6.29 Å². The summed E-state index contributed by atoms with van der Waals surface area (Å²) in [5.74, 6) is -0.735. The topological polar surface area (TPSA) is 141 Å². The molecule has 0 aliphatic carbocycles. The second kappa shape index (κ2) is 6.78. The summed E-state index contributed by atoms with van der Waals surface area (Å²) >= 11 is 0. The van der Waals surface area contributed by atoms with E-state index in [2.05, 4.69) is 15.6 Å². The number of aromatic hydroxyl groups is 1. The van der Waals surface area contributed by atoms with Crippen molar-refractivity contribution in [2.45, 2.75) is 24.9 Å². The number of amides is 1. The molecule has 2 aliphatic rings. The van der Waals surface area contributed by atoms with Crippen molar-refractivity contribution >= 4 is 17.3 Å². The van der Waals surface area contributed by atoms with Crippen LogP contribution in [-0.2, 0) is 9.47 Å². The van der Waals surface area contributed by atoms with Crippen molar-refractivity contribution in [3.63, 3.8) is 0 Å². The van der Waals surface area contributed by atoms with Crippen molar-refractivity contribution in [3.05, 3.63) is 52.3 Å². The van der Waals surface area contributed by atoms with Gasteiger partial charge in [-0.2, -0.15) is 10.2 Å². The van der Waals surface area contributed by atoms with Crippen molar-refractivity contribution in [1.82, 2.24) is 15.2 Å². The molecule has 0 unspecified atom stereocenters. The maximum absolute atomic E-state index is 12.2. The van der Waals surface area contributed by atoms with Gasteiger partial charge in [0.2, 0.25) is 0 Å². The van der Waals surface area contributed by atoms with E-state index < -0.39 is 17.1 Å². The van der Waals surface area contributed by atoms with Crippen LogP contribution in [0, 0.1) is 10.1 Å². The number of fused-ring (bicyclic) bond motifs is 2. The summed E-state index contributed by atoms with van der Waals surface area (Å²) in [5.41, 5.74) is 2.77. The minimum atomic E-state index is -0.693. The average molecular weight is 373 g/mol. The molecule has 2 aromatic rings. The lowest BCUT2D eigenvalue weighted by molar-refractivity contribution is -0.385. The van der Waals surface area contributed by atoms with Crippen molar-refractivity contribution in [2.75, 3.05) is 6.61 Å². The van der Waals surface area contributed by atoms with Crippen molar-refractivity contribution < 1.29 is 24.3 Å². The summed E-state index contributed by atoms with van der Waals surface area (Å²) in [6.07, 6.45) is 1.82. The number of hydrogen-bond donors (Lipinski definition) is 2. The molecule has 140 valence electrons. The minimum Gasteiger partial charge on any atom is -0.507 e. The van der Waals surface area contributed by atoms with E-state index in [1.54, 1.807) is 12.1 Å². The molecule has 0 spiro atoms. The van der Waals surface area contributed by atoms with Crippen molar-refractivity contribution in [1.29, 1.82) is 0 Å². The summed E-state index contributed by atoms with van der Waals surface area (Å²) < 4.78 is 12.7. The monoisotopic (exact) mass is 373 g/mol. The van der Waals surface area contributed by atoms with Gasteiger partial charge in [0.25, 0.3) is 5.91 Å². The zero-order valence-electron chi connectivity index (χ0n) is 13.9. The van der Waals surface area contributed by atoms with Gasteiger partial charge in [-0.1, -0.05) is 12.1 Å². The number of carbonyl (C=O) groups excluding carboxylic acids is 1. The number of ether oxygens (including phenoxy) is 2. The van der Waals surface area contributed by atoms with Gasteiger partial charge in [-0.05, 0) is 12.1 Å². The molecular formula is C16H15N5O6. The third kappa shape index (κ3) is 3.25. The molecule has 1 amide bonds. The normalized spacial score (nSPS) is 25.5. The molecule has 0 saturated carbocycles. The Morgan fingerprint density at radius 3 is 3.00 bits per heavy atom. The predicted octanol–water partition coefficient (Wildman–Crippen LogP) is 0.969. The Labute approximate surface area is 152 Å². The molecule has 11 nitrogen and oxygen atoms in total. The lowest BCUT2D eigenvalue weighted by Crippen LogP contribution is -2.38. The molecule has 2 saturated heterocycles. The minimum absolute atomic E-state index is 0.0862. The average Bonchev–Trinajstić information content (AvgIpc) is 3.30. The molecule has 27 heavy (non-hydrogen) atoms. The Balaban J connectivity index is 1.52. The lowest BCUT2D eigenvalue weighted by atomic mass is 10.0. The summed E-state index contributed by atoms with van der Waals surface area (Å²) in [6.45, 7) is 0.287. The lowest BCUT2D eigenvalue weighted by Gasteiger charge is -2.28. The molecule has 4 rings (SSSR count). The van der Waals surface area contributed by atoms with Crippen LogP contribution in [0.25, 0.3) is 0 Å². The fraction of sp³-hybridized carbons (Fsp3) is 0.312. The molecule has 2 aliphatic heterocycles. The van der Waals surface area contributed by atoms with Gasteiger partial charge in [-0.25, -0.2) is 5.43 Å². The smallest absolute Gasteiger partial charge is 0.307 e. The second-order valence-corrected chi connectivity index (χ2v) is 6.11. The first-order chi connectivity index (χ1) is 13.0. The van der Waals surface area contributed by atoms with Crippen molar-refractivity contribution in [2.24, 2.45) is 5.10 Å². The van der Waals surface area contributed by atoms with Crippen LogP contribution < -0.4 is 5.43 Å². The van der Waals surface area contributed by atoms with Crippen molar-refractivity contribution in [3.8, 4) is 5.75 Å². The van der Waals surface area contributed by atoms with Crippen LogP contribution in [0.5, 0.6) is 5.75 Å². The molecule has 3 atom stereocenters. The van der Waals surface area contributed by atoms with E-state index in [4.69, 9.17) is 9.47 Å². The van der Waals surface area contributed by atoms with Gasteiger partial charge in [-0.3, -0.25) is 19.6 Å². The Kier molecular flexibility index (Phi) is 4.30. The first-order valence-corrected chi connectivity index (χ1v) is 8.13. The highest BCUT2D eigenvalue weighted by Gasteiger charge is 2.43. The highest BCUT2D eigenvalue weighted by molar-refractivity contribution is 5.98. The number of rotatable bonds is 4. The summed E-state index contributed by atoms with van der Waals surface area (Å²) in [6, 6.07) is 5.75. The van der Waals surface area contributed by atoms with E-state index in [9.17, 15) is 20.0 Å². The Morgan fingerprint density at radius 2 is 2.26 bits per heavy atom. The molecule has 1 aromatic carbocycles. The van der Waals surface area contributed by atoms with Gasteiger partial charge in [0, 0.05) is 6.42 Å². The van der Waals surface area contributed by atoms with Crippen LogP contribution in [-0.4, -0.2) is 50.4 Å². The number of phenols is 1. The van der Waals surface area contributed by atoms with Crippen LogP contribution >= 0.6 is 0 Å². The third-order valence-corrected chi connectivity index (χ3v) is 4.42. The second-order valence-electron chi connectivity index (χ2n) is 6.11. The highest BCUT2D eigenvalue weighted by Crippen LogP contribution is 2.33. The Hall–Kier alpha value is -3.31. The van der Waals surface area contributed by atoms with E-state index in [1.165, 1.54) is 29.2 Å². The Bertz CT molecular complexity index is 926. The fourth-order valence-electron chi connectivity index (χ4n) is 3.05.